The van der Waals surface area contributed by atoms with Gasteiger partial charge >= 0.3 is 0 Å². The van der Waals surface area contributed by atoms with Gasteiger partial charge in [-0.2, -0.15) is 9.97 Å². The van der Waals surface area contributed by atoms with Crippen molar-refractivity contribution >= 4 is 34.2 Å². The number of rotatable bonds is 6. The molecule has 1 atom stereocenters. The number of anilines is 4. The second-order valence-electron chi connectivity index (χ2n) is 11.2. The number of aromatic amines is 1. The summed E-state index contributed by atoms with van der Waals surface area (Å²) in [6.07, 6.45) is 5.29. The molecule has 3 saturated heterocycles. The zero-order valence-electron chi connectivity index (χ0n) is 23.2. The van der Waals surface area contributed by atoms with E-state index in [1.807, 2.05) is 23.4 Å². The number of hydrogen-bond acceptors (Lipinski definition) is 8. The van der Waals surface area contributed by atoms with Gasteiger partial charge in [-0.15, -0.1) is 0 Å². The van der Waals surface area contributed by atoms with Crippen LogP contribution in [0.5, 0.6) is 0 Å². The van der Waals surface area contributed by atoms with Crippen LogP contribution in [0.1, 0.15) is 30.9 Å². The molecule has 2 N–H and O–H groups in total. The standard InChI is InChI=1S/C31H38N8O/c1-36-18-20-38(21-19-36)26-12-16-37(17-13-26)25-9-7-24(8-10-25)33-31-34-29-27(11-15-32-29)30(35-31)39-28(14-22-40-39)23-5-3-2-4-6-23/h2-11,15,26,28H,12-14,16-22H2,1H3,(H2,32,33,34,35)/t28-/m0/s1. The number of piperazine rings is 1. The highest BCUT2D eigenvalue weighted by Crippen LogP contribution is 2.37. The predicted octanol–water partition coefficient (Wildman–Crippen LogP) is 4.80. The van der Waals surface area contributed by atoms with Crippen LogP contribution in [0.4, 0.5) is 23.1 Å². The van der Waals surface area contributed by atoms with Gasteiger partial charge in [0.25, 0.3) is 0 Å². The first-order valence-electron chi connectivity index (χ1n) is 14.6. The molecule has 0 bridgehead atoms. The van der Waals surface area contributed by atoms with E-state index in [1.165, 1.54) is 50.3 Å². The Bertz CT molecular complexity index is 1410. The predicted molar refractivity (Wildman–Crippen MR) is 160 cm³/mol. The lowest BCUT2D eigenvalue weighted by Crippen LogP contribution is -2.52. The van der Waals surface area contributed by atoms with Crippen molar-refractivity contribution in [3.8, 4) is 0 Å². The first-order chi connectivity index (χ1) is 19.7. The van der Waals surface area contributed by atoms with E-state index in [2.05, 4.69) is 80.6 Å². The first kappa shape index (κ1) is 25.3. The molecule has 9 heteroatoms. The topological polar surface area (TPSA) is 75.8 Å². The van der Waals surface area contributed by atoms with E-state index < -0.39 is 0 Å². The molecule has 0 radical (unpaired) electrons. The third-order valence-corrected chi connectivity index (χ3v) is 8.70. The normalized spacial score (nSPS) is 21.4. The van der Waals surface area contributed by atoms with Gasteiger partial charge in [0.15, 0.2) is 5.82 Å². The van der Waals surface area contributed by atoms with Crippen LogP contribution in [0, 0.1) is 0 Å². The van der Waals surface area contributed by atoms with Gasteiger partial charge in [0, 0.05) is 69.3 Å². The molecule has 208 valence electrons. The molecule has 0 amide bonds. The van der Waals surface area contributed by atoms with E-state index in [0.717, 1.165) is 48.1 Å². The Morgan fingerprint density at radius 1 is 0.850 bits per heavy atom. The Hall–Kier alpha value is -3.66. The Balaban J connectivity index is 1.04. The van der Waals surface area contributed by atoms with Crippen LogP contribution < -0.4 is 15.3 Å². The molecule has 2 aromatic carbocycles. The summed E-state index contributed by atoms with van der Waals surface area (Å²) in [5, 5.41) is 6.33. The molecule has 0 unspecified atom stereocenters. The fraction of sp³-hybridized carbons (Fsp3) is 0.419. The third kappa shape index (κ3) is 5.12. The number of nitrogens with zero attached hydrogens (tertiary/aromatic N) is 6. The van der Waals surface area contributed by atoms with Crippen molar-refractivity contribution in [3.63, 3.8) is 0 Å². The highest BCUT2D eigenvalue weighted by atomic mass is 16.7. The molecule has 3 aliphatic rings. The van der Waals surface area contributed by atoms with E-state index in [-0.39, 0.29) is 6.04 Å². The zero-order chi connectivity index (χ0) is 26.9. The quantitative estimate of drug-likeness (QED) is 0.363. The Labute approximate surface area is 235 Å². The van der Waals surface area contributed by atoms with Crippen molar-refractivity contribution in [1.82, 2.24) is 24.8 Å². The molecule has 5 heterocycles. The molecule has 0 spiro atoms. The summed E-state index contributed by atoms with van der Waals surface area (Å²) < 4.78 is 0. The average Bonchev–Trinajstić information content (AvgIpc) is 3.69. The van der Waals surface area contributed by atoms with E-state index in [0.29, 0.717) is 12.6 Å². The second-order valence-corrected chi connectivity index (χ2v) is 11.2. The smallest absolute Gasteiger partial charge is 0.231 e. The van der Waals surface area contributed by atoms with Crippen LogP contribution in [0.2, 0.25) is 0 Å². The van der Waals surface area contributed by atoms with Crippen molar-refractivity contribution in [2.45, 2.75) is 31.3 Å². The summed E-state index contributed by atoms with van der Waals surface area (Å²) >= 11 is 0. The SMILES string of the molecule is CN1CCN(C2CCN(c3ccc(Nc4nc(N5OCC[C@H]5c5ccccc5)c5cc[nH]c5n4)cc3)CC2)CC1. The molecule has 2 aromatic heterocycles. The maximum absolute atomic E-state index is 6.11. The Morgan fingerprint density at radius 2 is 1.62 bits per heavy atom. The van der Waals surface area contributed by atoms with Crippen molar-refractivity contribution in [2.75, 3.05) is 68.2 Å². The maximum atomic E-state index is 6.11. The van der Waals surface area contributed by atoms with Crippen LogP contribution >= 0.6 is 0 Å². The van der Waals surface area contributed by atoms with Crippen molar-refractivity contribution in [1.29, 1.82) is 0 Å². The van der Waals surface area contributed by atoms with Gasteiger partial charge in [0.2, 0.25) is 5.95 Å². The monoisotopic (exact) mass is 538 g/mol. The molecule has 40 heavy (non-hydrogen) atoms. The first-order valence-corrected chi connectivity index (χ1v) is 14.6. The number of benzene rings is 2. The second kappa shape index (κ2) is 11.1. The van der Waals surface area contributed by atoms with Crippen LogP contribution in [-0.2, 0) is 4.84 Å². The van der Waals surface area contributed by atoms with Crippen molar-refractivity contribution in [3.05, 3.63) is 72.4 Å². The van der Waals surface area contributed by atoms with E-state index >= 15 is 0 Å². The number of nitrogens with one attached hydrogen (secondary N) is 2. The van der Waals surface area contributed by atoms with Gasteiger partial charge in [-0.05, 0) is 55.8 Å². The summed E-state index contributed by atoms with van der Waals surface area (Å²) in [4.78, 5) is 26.7. The molecule has 4 aromatic rings. The Kier molecular flexibility index (Phi) is 7.01. The van der Waals surface area contributed by atoms with Gasteiger partial charge < -0.3 is 20.1 Å². The fourth-order valence-corrected chi connectivity index (χ4v) is 6.37. The third-order valence-electron chi connectivity index (χ3n) is 8.70. The molecule has 3 aliphatic heterocycles. The molecule has 3 fully saturated rings. The summed E-state index contributed by atoms with van der Waals surface area (Å²) in [6.45, 7) is 7.67. The van der Waals surface area contributed by atoms with Gasteiger partial charge in [-0.25, -0.2) is 5.06 Å². The summed E-state index contributed by atoms with van der Waals surface area (Å²) in [5.41, 5.74) is 4.25. The van der Waals surface area contributed by atoms with Crippen LogP contribution in [0.15, 0.2) is 66.9 Å². The maximum Gasteiger partial charge on any atom is 0.231 e. The summed E-state index contributed by atoms with van der Waals surface area (Å²) in [7, 11) is 2.23. The molecular weight excluding hydrogens is 500 g/mol. The molecule has 0 saturated carbocycles. The Morgan fingerprint density at radius 3 is 2.40 bits per heavy atom. The lowest BCUT2D eigenvalue weighted by atomic mass is 10.0. The fourth-order valence-electron chi connectivity index (χ4n) is 6.37. The number of aromatic nitrogens is 3. The number of H-pyrrole nitrogens is 1. The van der Waals surface area contributed by atoms with Crippen molar-refractivity contribution in [2.24, 2.45) is 0 Å². The number of piperidine rings is 1. The van der Waals surface area contributed by atoms with Gasteiger partial charge in [0.05, 0.1) is 18.0 Å². The number of fused-ring (bicyclic) bond motifs is 1. The minimum Gasteiger partial charge on any atom is -0.371 e. The average molecular weight is 539 g/mol. The molecule has 9 nitrogen and oxygen atoms in total. The summed E-state index contributed by atoms with van der Waals surface area (Å²) in [5.74, 6) is 1.33. The highest BCUT2D eigenvalue weighted by Gasteiger charge is 2.31. The van der Waals surface area contributed by atoms with Crippen molar-refractivity contribution < 1.29 is 4.84 Å². The van der Waals surface area contributed by atoms with Gasteiger partial charge in [-0.3, -0.25) is 9.74 Å². The van der Waals surface area contributed by atoms with E-state index in [4.69, 9.17) is 14.8 Å². The van der Waals surface area contributed by atoms with Gasteiger partial charge in [-0.1, -0.05) is 30.3 Å². The number of likely N-dealkylation sites (N-methyl/N-ethyl adjacent to an activating group) is 1. The summed E-state index contributed by atoms with van der Waals surface area (Å²) in [6, 6.07) is 22.0. The minimum atomic E-state index is 0.113. The lowest BCUT2D eigenvalue weighted by molar-refractivity contribution is 0.0982. The number of hydrogen-bond donors (Lipinski definition) is 2. The largest absolute Gasteiger partial charge is 0.371 e. The molecule has 0 aliphatic carbocycles. The van der Waals surface area contributed by atoms with E-state index in [1.54, 1.807) is 0 Å². The van der Waals surface area contributed by atoms with Crippen LogP contribution in [0.25, 0.3) is 11.0 Å². The zero-order valence-corrected chi connectivity index (χ0v) is 23.2. The lowest BCUT2D eigenvalue weighted by Gasteiger charge is -2.42. The van der Waals surface area contributed by atoms with Crippen LogP contribution in [0.3, 0.4) is 0 Å². The van der Waals surface area contributed by atoms with Gasteiger partial charge in [0.1, 0.15) is 5.65 Å². The highest BCUT2D eigenvalue weighted by molar-refractivity contribution is 5.88. The van der Waals surface area contributed by atoms with E-state index in [9.17, 15) is 0 Å². The molecular formula is C31H38N8O. The van der Waals surface area contributed by atoms with Crippen LogP contribution in [-0.4, -0.2) is 83.7 Å². The minimum absolute atomic E-state index is 0.113. The number of hydroxylamine groups is 1. The molecule has 7 rings (SSSR count).